The van der Waals surface area contributed by atoms with Gasteiger partial charge in [-0.05, 0) is 57.1 Å². The van der Waals surface area contributed by atoms with Crippen LogP contribution in [0, 0.1) is 6.92 Å². The Balaban J connectivity index is 0.00000245. The van der Waals surface area contributed by atoms with Gasteiger partial charge in [-0.1, -0.05) is 23.8 Å². The van der Waals surface area contributed by atoms with E-state index in [9.17, 15) is 9.59 Å². The van der Waals surface area contributed by atoms with E-state index in [-0.39, 0.29) is 29.9 Å². The number of carbonyl (C=O) groups is 1. The second-order valence-electron chi connectivity index (χ2n) is 7.99. The molecule has 1 aliphatic heterocycles. The molecule has 9 heteroatoms. The third-order valence-electron chi connectivity index (χ3n) is 5.78. The van der Waals surface area contributed by atoms with Gasteiger partial charge in [-0.3, -0.25) is 4.79 Å². The Kier molecular flexibility index (Phi) is 6.16. The molecule has 1 fully saturated rings. The molecule has 0 bridgehead atoms. The number of benzene rings is 2. The molecule has 0 radical (unpaired) electrons. The number of aromatic nitrogens is 3. The Morgan fingerprint density at radius 3 is 2.59 bits per heavy atom. The van der Waals surface area contributed by atoms with Crippen LogP contribution in [0.1, 0.15) is 30.0 Å². The number of fused-ring (bicyclic) bond motifs is 3. The molecule has 0 unspecified atom stereocenters. The Hall–Kier alpha value is -3.36. The minimum absolute atomic E-state index is 0. The van der Waals surface area contributed by atoms with E-state index in [1.54, 1.807) is 6.07 Å². The summed E-state index contributed by atoms with van der Waals surface area (Å²) in [6.45, 7) is 3.84. The van der Waals surface area contributed by atoms with Crippen LogP contribution in [0.5, 0.6) is 0 Å². The molecule has 5 rings (SSSR count). The third-order valence-corrected chi connectivity index (χ3v) is 5.78. The zero-order valence-corrected chi connectivity index (χ0v) is 18.5. The number of hydrogen-bond acceptors (Lipinski definition) is 4. The largest absolute Gasteiger partial charge is 0.323 e. The number of halogens is 1. The first-order chi connectivity index (χ1) is 15.1. The average molecular weight is 453 g/mol. The number of nitrogens with one attached hydrogen (secondary N) is 4. The maximum atomic E-state index is 12.6. The first kappa shape index (κ1) is 21.9. The van der Waals surface area contributed by atoms with E-state index in [1.165, 1.54) is 0 Å². The minimum Gasteiger partial charge on any atom is -0.317 e. The van der Waals surface area contributed by atoms with Crippen molar-refractivity contribution in [2.45, 2.75) is 25.7 Å². The molecule has 1 aliphatic rings. The number of hydrogen-bond donors (Lipinski definition) is 4. The Morgan fingerprint density at radius 1 is 1.09 bits per heavy atom. The van der Waals surface area contributed by atoms with Crippen LogP contribution in [0.2, 0.25) is 0 Å². The van der Waals surface area contributed by atoms with E-state index in [4.69, 9.17) is 5.10 Å². The SMILES string of the molecule is Cc1ccc(NC(=O)Nc2cccc3nn4c(C5CCNCC5)cc(=O)[nH]c4c23)cc1.Cl. The summed E-state index contributed by atoms with van der Waals surface area (Å²) in [4.78, 5) is 28.0. The molecule has 3 heterocycles. The van der Waals surface area contributed by atoms with E-state index < -0.39 is 0 Å². The topological polar surface area (TPSA) is 103 Å². The average Bonchev–Trinajstić information content (AvgIpc) is 3.15. The van der Waals surface area contributed by atoms with Crippen molar-refractivity contribution < 1.29 is 4.79 Å². The Bertz CT molecular complexity index is 1320. The molecule has 0 spiro atoms. The normalized spacial score (nSPS) is 14.3. The molecule has 8 nitrogen and oxygen atoms in total. The van der Waals surface area contributed by atoms with Crippen LogP contribution in [0.25, 0.3) is 16.6 Å². The molecule has 0 saturated carbocycles. The summed E-state index contributed by atoms with van der Waals surface area (Å²) in [5, 5.41) is 14.6. The monoisotopic (exact) mass is 452 g/mol. The fraction of sp³-hybridized carbons (Fsp3) is 0.261. The molecule has 4 aromatic rings. The first-order valence-corrected chi connectivity index (χ1v) is 10.5. The van der Waals surface area contributed by atoms with Gasteiger partial charge in [0.25, 0.3) is 5.56 Å². The van der Waals surface area contributed by atoms with Crippen molar-refractivity contribution in [3.63, 3.8) is 0 Å². The Labute approximate surface area is 190 Å². The summed E-state index contributed by atoms with van der Waals surface area (Å²) in [5.41, 5.74) is 4.48. The number of amides is 2. The number of anilines is 2. The van der Waals surface area contributed by atoms with Crippen molar-refractivity contribution in [1.29, 1.82) is 0 Å². The number of rotatable bonds is 3. The van der Waals surface area contributed by atoms with Gasteiger partial charge in [0.15, 0.2) is 0 Å². The molecule has 32 heavy (non-hydrogen) atoms. The smallest absolute Gasteiger partial charge is 0.317 e. The number of urea groups is 1. The van der Waals surface area contributed by atoms with E-state index in [0.29, 0.717) is 22.5 Å². The number of carbonyl (C=O) groups excluding carboxylic acids is 1. The second kappa shape index (κ2) is 9.02. The van der Waals surface area contributed by atoms with E-state index in [1.807, 2.05) is 53.9 Å². The standard InChI is InChI=1S/C23H24N6O2.ClH/c1-14-5-7-16(8-6-14)25-23(31)26-17-3-2-4-18-21(17)22-27-20(30)13-19(29(22)28-18)15-9-11-24-12-10-15;/h2-8,13,15,24H,9-12H2,1H3,(H,27,30)(H2,25,26,31);1H. The van der Waals surface area contributed by atoms with Crippen molar-refractivity contribution >= 4 is 46.4 Å². The number of H-pyrrole nitrogens is 1. The van der Waals surface area contributed by atoms with Gasteiger partial charge < -0.3 is 20.9 Å². The summed E-state index contributed by atoms with van der Waals surface area (Å²) in [7, 11) is 0. The molecular formula is C23H25ClN6O2. The van der Waals surface area contributed by atoms with Gasteiger partial charge in [-0.2, -0.15) is 5.10 Å². The number of piperidine rings is 1. The highest BCUT2D eigenvalue weighted by Crippen LogP contribution is 2.30. The summed E-state index contributed by atoms with van der Waals surface area (Å²) in [6, 6.07) is 14.4. The van der Waals surface area contributed by atoms with Gasteiger partial charge in [0.2, 0.25) is 0 Å². The molecule has 2 amide bonds. The first-order valence-electron chi connectivity index (χ1n) is 10.5. The highest BCUT2D eigenvalue weighted by atomic mass is 35.5. The lowest BCUT2D eigenvalue weighted by Crippen LogP contribution is -2.28. The zero-order chi connectivity index (χ0) is 21.4. The maximum absolute atomic E-state index is 12.6. The van der Waals surface area contributed by atoms with Crippen molar-refractivity contribution in [3.05, 3.63) is 70.1 Å². The predicted molar refractivity (Wildman–Crippen MR) is 129 cm³/mol. The second-order valence-corrected chi connectivity index (χ2v) is 7.99. The zero-order valence-electron chi connectivity index (χ0n) is 17.6. The molecule has 2 aromatic carbocycles. The highest BCUT2D eigenvalue weighted by molar-refractivity contribution is 6.09. The number of nitrogens with zero attached hydrogens (tertiary/aromatic N) is 2. The summed E-state index contributed by atoms with van der Waals surface area (Å²) in [5.74, 6) is 0.265. The van der Waals surface area contributed by atoms with Gasteiger partial charge in [0, 0.05) is 17.7 Å². The molecule has 1 saturated heterocycles. The van der Waals surface area contributed by atoms with Gasteiger partial charge in [0.1, 0.15) is 5.65 Å². The molecule has 4 N–H and O–H groups in total. The van der Waals surface area contributed by atoms with Gasteiger partial charge >= 0.3 is 6.03 Å². The molecule has 2 aromatic heterocycles. The van der Waals surface area contributed by atoms with E-state index in [2.05, 4.69) is 20.9 Å². The number of aryl methyl sites for hydroxylation is 1. The van der Waals surface area contributed by atoms with Crippen molar-refractivity contribution in [1.82, 2.24) is 19.9 Å². The quantitative estimate of drug-likeness (QED) is 0.377. The lowest BCUT2D eigenvalue weighted by atomic mass is 9.94. The van der Waals surface area contributed by atoms with Crippen LogP contribution in [-0.4, -0.2) is 33.7 Å². The van der Waals surface area contributed by atoms with Gasteiger partial charge in [0.05, 0.1) is 22.3 Å². The maximum Gasteiger partial charge on any atom is 0.323 e. The van der Waals surface area contributed by atoms with Crippen LogP contribution in [-0.2, 0) is 0 Å². The molecule has 0 atom stereocenters. The van der Waals surface area contributed by atoms with Crippen LogP contribution < -0.4 is 21.5 Å². The lowest BCUT2D eigenvalue weighted by molar-refractivity contribution is 0.262. The van der Waals surface area contributed by atoms with Crippen molar-refractivity contribution in [2.75, 3.05) is 23.7 Å². The minimum atomic E-state index is -0.354. The van der Waals surface area contributed by atoms with E-state index >= 15 is 0 Å². The van der Waals surface area contributed by atoms with Crippen LogP contribution >= 0.6 is 12.4 Å². The Morgan fingerprint density at radius 2 is 1.84 bits per heavy atom. The summed E-state index contributed by atoms with van der Waals surface area (Å²) in [6.07, 6.45) is 1.91. The van der Waals surface area contributed by atoms with Gasteiger partial charge in [-0.15, -0.1) is 12.4 Å². The van der Waals surface area contributed by atoms with Crippen LogP contribution in [0.4, 0.5) is 16.2 Å². The highest BCUT2D eigenvalue weighted by Gasteiger charge is 2.21. The predicted octanol–water partition coefficient (Wildman–Crippen LogP) is 4.02. The van der Waals surface area contributed by atoms with Crippen LogP contribution in [0.3, 0.4) is 0 Å². The van der Waals surface area contributed by atoms with Crippen molar-refractivity contribution in [3.8, 4) is 0 Å². The molecule has 166 valence electrons. The number of aromatic amines is 1. The van der Waals surface area contributed by atoms with Gasteiger partial charge in [-0.25, -0.2) is 9.31 Å². The van der Waals surface area contributed by atoms with Crippen LogP contribution in [0.15, 0.2) is 53.3 Å². The molecule has 0 aliphatic carbocycles. The lowest BCUT2D eigenvalue weighted by Gasteiger charge is -2.23. The molecular weight excluding hydrogens is 428 g/mol. The fourth-order valence-corrected chi connectivity index (χ4v) is 4.22. The fourth-order valence-electron chi connectivity index (χ4n) is 4.22. The summed E-state index contributed by atoms with van der Waals surface area (Å²) >= 11 is 0. The summed E-state index contributed by atoms with van der Waals surface area (Å²) < 4.78 is 1.82. The third kappa shape index (κ3) is 4.19. The van der Waals surface area contributed by atoms with Crippen molar-refractivity contribution in [2.24, 2.45) is 0 Å². The van der Waals surface area contributed by atoms with E-state index in [0.717, 1.165) is 42.6 Å².